The molecule has 2 atom stereocenters. The Balaban J connectivity index is 2.30. The molecule has 3 heteroatoms. The molecule has 1 saturated heterocycles. The average Bonchev–Trinajstić information content (AvgIpc) is 2.30. The normalized spacial score (nSPS) is 28.4. The van der Waals surface area contributed by atoms with Crippen LogP contribution < -0.4 is 5.32 Å². The van der Waals surface area contributed by atoms with Crippen LogP contribution in [0.2, 0.25) is 0 Å². The summed E-state index contributed by atoms with van der Waals surface area (Å²) in [6.07, 6.45) is 0. The van der Waals surface area contributed by atoms with Gasteiger partial charge in [-0.3, -0.25) is 4.90 Å². The Labute approximate surface area is 81.4 Å². The van der Waals surface area contributed by atoms with Gasteiger partial charge in [0, 0.05) is 25.7 Å². The molecule has 0 bridgehead atoms. The zero-order valence-corrected chi connectivity index (χ0v) is 9.05. The molecule has 13 heavy (non-hydrogen) atoms. The van der Waals surface area contributed by atoms with Crippen LogP contribution in [0.4, 0.5) is 0 Å². The fourth-order valence-corrected chi connectivity index (χ4v) is 1.71. The van der Waals surface area contributed by atoms with Gasteiger partial charge in [-0.25, -0.2) is 0 Å². The van der Waals surface area contributed by atoms with Crippen LogP contribution in [0.3, 0.4) is 0 Å². The monoisotopic (exact) mass is 186 g/mol. The first-order chi connectivity index (χ1) is 6.22. The lowest BCUT2D eigenvalue weighted by Crippen LogP contribution is -2.39. The first-order valence-electron chi connectivity index (χ1n) is 5.19. The third-order valence-corrected chi connectivity index (χ3v) is 2.55. The molecule has 0 amide bonds. The molecule has 1 rings (SSSR count). The zero-order valence-electron chi connectivity index (χ0n) is 9.05. The van der Waals surface area contributed by atoms with Gasteiger partial charge in [0.25, 0.3) is 0 Å². The molecule has 1 unspecified atom stereocenters. The second-order valence-electron chi connectivity index (χ2n) is 4.13. The molecule has 1 aliphatic rings. The van der Waals surface area contributed by atoms with Crippen molar-refractivity contribution >= 4 is 0 Å². The van der Waals surface area contributed by atoms with Gasteiger partial charge in [-0.2, -0.15) is 0 Å². The molecule has 0 aromatic carbocycles. The van der Waals surface area contributed by atoms with E-state index in [-0.39, 0.29) is 0 Å². The molecule has 0 aromatic rings. The SMILES string of the molecule is CN[C@@H](C)CN1CCOCC(C)C1. The Bertz CT molecular complexity index is 141. The molecule has 0 saturated carbocycles. The predicted molar refractivity (Wildman–Crippen MR) is 54.9 cm³/mol. The van der Waals surface area contributed by atoms with Gasteiger partial charge in [-0.1, -0.05) is 6.92 Å². The molecule has 1 aliphatic heterocycles. The third-order valence-electron chi connectivity index (χ3n) is 2.55. The lowest BCUT2D eigenvalue weighted by molar-refractivity contribution is 0.125. The highest BCUT2D eigenvalue weighted by molar-refractivity contribution is 4.70. The van der Waals surface area contributed by atoms with Crippen LogP contribution in [0.15, 0.2) is 0 Å². The average molecular weight is 186 g/mol. The van der Waals surface area contributed by atoms with E-state index in [0.29, 0.717) is 12.0 Å². The molecule has 0 aliphatic carbocycles. The lowest BCUT2D eigenvalue weighted by atomic mass is 10.2. The fourth-order valence-electron chi connectivity index (χ4n) is 1.71. The Morgan fingerprint density at radius 1 is 1.62 bits per heavy atom. The van der Waals surface area contributed by atoms with Crippen molar-refractivity contribution in [2.45, 2.75) is 19.9 Å². The minimum Gasteiger partial charge on any atom is -0.380 e. The highest BCUT2D eigenvalue weighted by Crippen LogP contribution is 2.06. The number of rotatable bonds is 3. The second kappa shape index (κ2) is 5.58. The molecule has 1 N–H and O–H groups in total. The van der Waals surface area contributed by atoms with E-state index in [1.807, 2.05) is 7.05 Å². The van der Waals surface area contributed by atoms with Gasteiger partial charge >= 0.3 is 0 Å². The van der Waals surface area contributed by atoms with Crippen LogP contribution >= 0.6 is 0 Å². The molecule has 0 spiro atoms. The van der Waals surface area contributed by atoms with E-state index in [2.05, 4.69) is 24.1 Å². The van der Waals surface area contributed by atoms with E-state index in [9.17, 15) is 0 Å². The number of nitrogens with zero attached hydrogens (tertiary/aromatic N) is 1. The maximum absolute atomic E-state index is 5.49. The summed E-state index contributed by atoms with van der Waals surface area (Å²) in [7, 11) is 2.02. The van der Waals surface area contributed by atoms with E-state index >= 15 is 0 Å². The molecule has 78 valence electrons. The number of hydrogen-bond donors (Lipinski definition) is 1. The van der Waals surface area contributed by atoms with Gasteiger partial charge in [0.05, 0.1) is 13.2 Å². The van der Waals surface area contributed by atoms with Crippen molar-refractivity contribution in [2.24, 2.45) is 5.92 Å². The van der Waals surface area contributed by atoms with Crippen molar-refractivity contribution in [3.05, 3.63) is 0 Å². The Hall–Kier alpha value is -0.120. The maximum Gasteiger partial charge on any atom is 0.0593 e. The van der Waals surface area contributed by atoms with E-state index in [4.69, 9.17) is 4.74 Å². The van der Waals surface area contributed by atoms with Gasteiger partial charge in [0.15, 0.2) is 0 Å². The summed E-state index contributed by atoms with van der Waals surface area (Å²) >= 11 is 0. The van der Waals surface area contributed by atoms with Crippen LogP contribution in [0.5, 0.6) is 0 Å². The molecular weight excluding hydrogens is 164 g/mol. The van der Waals surface area contributed by atoms with Crippen LogP contribution in [0, 0.1) is 5.92 Å². The summed E-state index contributed by atoms with van der Waals surface area (Å²) in [6, 6.07) is 0.574. The van der Waals surface area contributed by atoms with Crippen molar-refractivity contribution in [3.8, 4) is 0 Å². The summed E-state index contributed by atoms with van der Waals surface area (Å²) in [5, 5.41) is 3.26. The van der Waals surface area contributed by atoms with Crippen LogP contribution in [0.25, 0.3) is 0 Å². The highest BCUT2D eigenvalue weighted by Gasteiger charge is 2.15. The van der Waals surface area contributed by atoms with E-state index in [1.165, 1.54) is 6.54 Å². The molecule has 3 nitrogen and oxygen atoms in total. The molecule has 1 heterocycles. The standard InChI is InChI=1S/C10H22N2O/c1-9-6-12(4-5-13-8-9)7-10(2)11-3/h9-11H,4-8H2,1-3H3/t9?,10-/m0/s1. The van der Waals surface area contributed by atoms with Crippen LogP contribution in [0.1, 0.15) is 13.8 Å². The van der Waals surface area contributed by atoms with Gasteiger partial charge in [-0.15, -0.1) is 0 Å². The van der Waals surface area contributed by atoms with Gasteiger partial charge < -0.3 is 10.1 Å². The van der Waals surface area contributed by atoms with Crippen molar-refractivity contribution < 1.29 is 4.74 Å². The Kier molecular flexibility index (Phi) is 4.70. The third kappa shape index (κ3) is 4.07. The predicted octanol–water partition coefficient (Wildman–Crippen LogP) is 0.563. The van der Waals surface area contributed by atoms with Crippen molar-refractivity contribution in [1.82, 2.24) is 10.2 Å². The first-order valence-corrected chi connectivity index (χ1v) is 5.19. The summed E-state index contributed by atoms with van der Waals surface area (Å²) in [4.78, 5) is 2.48. The van der Waals surface area contributed by atoms with Crippen molar-refractivity contribution in [3.63, 3.8) is 0 Å². The molecule has 0 radical (unpaired) electrons. The topological polar surface area (TPSA) is 24.5 Å². The number of nitrogens with one attached hydrogen (secondary N) is 1. The van der Waals surface area contributed by atoms with Gasteiger partial charge in [-0.05, 0) is 19.9 Å². The summed E-state index contributed by atoms with van der Waals surface area (Å²) in [5.74, 6) is 0.673. The quantitative estimate of drug-likeness (QED) is 0.697. The van der Waals surface area contributed by atoms with Gasteiger partial charge in [0.1, 0.15) is 0 Å². The largest absolute Gasteiger partial charge is 0.380 e. The minimum atomic E-state index is 0.574. The van der Waals surface area contributed by atoms with E-state index < -0.39 is 0 Å². The lowest BCUT2D eigenvalue weighted by Gasteiger charge is -2.24. The smallest absolute Gasteiger partial charge is 0.0593 e. The summed E-state index contributed by atoms with van der Waals surface area (Å²) in [6.45, 7) is 9.66. The Morgan fingerprint density at radius 3 is 3.08 bits per heavy atom. The number of ether oxygens (including phenoxy) is 1. The number of likely N-dealkylation sites (N-methyl/N-ethyl adjacent to an activating group) is 1. The minimum absolute atomic E-state index is 0.574. The van der Waals surface area contributed by atoms with E-state index in [0.717, 1.165) is 26.3 Å². The zero-order chi connectivity index (χ0) is 9.68. The summed E-state index contributed by atoms with van der Waals surface area (Å²) < 4.78 is 5.49. The molecule has 1 fully saturated rings. The summed E-state index contributed by atoms with van der Waals surface area (Å²) in [5.41, 5.74) is 0. The van der Waals surface area contributed by atoms with E-state index in [1.54, 1.807) is 0 Å². The van der Waals surface area contributed by atoms with Crippen molar-refractivity contribution in [1.29, 1.82) is 0 Å². The van der Waals surface area contributed by atoms with Crippen LogP contribution in [-0.2, 0) is 4.74 Å². The second-order valence-corrected chi connectivity index (χ2v) is 4.13. The van der Waals surface area contributed by atoms with Crippen LogP contribution in [-0.4, -0.2) is 50.8 Å². The number of hydrogen-bond acceptors (Lipinski definition) is 3. The first kappa shape index (κ1) is 11.0. The Morgan fingerprint density at radius 2 is 2.38 bits per heavy atom. The van der Waals surface area contributed by atoms with Gasteiger partial charge in [0.2, 0.25) is 0 Å². The fraction of sp³-hybridized carbons (Fsp3) is 1.00. The highest BCUT2D eigenvalue weighted by atomic mass is 16.5. The van der Waals surface area contributed by atoms with Crippen molar-refractivity contribution in [2.75, 3.05) is 39.9 Å². The molecule has 0 aromatic heterocycles. The molecular formula is C10H22N2O. The maximum atomic E-state index is 5.49.